The van der Waals surface area contributed by atoms with E-state index in [0.29, 0.717) is 0 Å². The predicted molar refractivity (Wildman–Crippen MR) is 88.5 cm³/mol. The number of nitrogens with two attached hydrogens (primary N) is 1. The molecule has 108 valence electrons. The molecule has 0 radical (unpaired) electrons. The summed E-state index contributed by atoms with van der Waals surface area (Å²) in [6, 6.07) is 12.5. The van der Waals surface area contributed by atoms with E-state index in [-0.39, 0.29) is 0 Å². The molecule has 0 aliphatic heterocycles. The first-order valence-electron chi connectivity index (χ1n) is 7.10. The van der Waals surface area contributed by atoms with Gasteiger partial charge in [0.25, 0.3) is 0 Å². The third-order valence-corrected chi connectivity index (χ3v) is 4.63. The molecule has 0 saturated heterocycles. The Bertz CT molecular complexity index is 737. The molecule has 2 aromatic heterocycles. The van der Waals surface area contributed by atoms with E-state index in [0.717, 1.165) is 41.1 Å². The minimum atomic E-state index is 0.721. The molecule has 3 aromatic rings. The Labute approximate surface area is 128 Å². The number of rotatable bonds is 5. The Kier molecular flexibility index (Phi) is 4.13. The van der Waals surface area contributed by atoms with Crippen LogP contribution < -0.4 is 11.3 Å². The van der Waals surface area contributed by atoms with Gasteiger partial charge >= 0.3 is 0 Å². The maximum atomic E-state index is 5.61. The van der Waals surface area contributed by atoms with E-state index in [4.69, 9.17) is 5.84 Å². The lowest BCUT2D eigenvalue weighted by Gasteiger charge is -2.05. The summed E-state index contributed by atoms with van der Waals surface area (Å²) in [4.78, 5) is 11.5. The van der Waals surface area contributed by atoms with Crippen LogP contribution in [0.4, 0.5) is 5.82 Å². The van der Waals surface area contributed by atoms with Crippen LogP contribution in [-0.2, 0) is 19.3 Å². The van der Waals surface area contributed by atoms with Crippen molar-refractivity contribution in [3.05, 3.63) is 52.7 Å². The summed E-state index contributed by atoms with van der Waals surface area (Å²) in [6.45, 7) is 2.14. The summed E-state index contributed by atoms with van der Waals surface area (Å²) >= 11 is 1.72. The van der Waals surface area contributed by atoms with Crippen LogP contribution in [0.15, 0.2) is 36.4 Å². The molecule has 0 fully saturated rings. The molecule has 0 unspecified atom stereocenters. The van der Waals surface area contributed by atoms with Crippen LogP contribution in [0, 0.1) is 0 Å². The van der Waals surface area contributed by atoms with Crippen molar-refractivity contribution in [2.75, 3.05) is 5.43 Å². The van der Waals surface area contributed by atoms with Gasteiger partial charge < -0.3 is 5.43 Å². The van der Waals surface area contributed by atoms with Gasteiger partial charge in [-0.15, -0.1) is 11.3 Å². The van der Waals surface area contributed by atoms with E-state index in [1.165, 1.54) is 10.4 Å². The Morgan fingerprint density at radius 3 is 2.67 bits per heavy atom. The zero-order valence-corrected chi connectivity index (χ0v) is 12.8. The topological polar surface area (TPSA) is 63.8 Å². The molecule has 0 atom stereocenters. The molecule has 0 amide bonds. The van der Waals surface area contributed by atoms with Crippen molar-refractivity contribution < 1.29 is 0 Å². The van der Waals surface area contributed by atoms with E-state index in [1.807, 2.05) is 6.07 Å². The van der Waals surface area contributed by atoms with Crippen molar-refractivity contribution in [2.45, 2.75) is 26.2 Å². The molecule has 21 heavy (non-hydrogen) atoms. The van der Waals surface area contributed by atoms with E-state index in [2.05, 4.69) is 52.6 Å². The van der Waals surface area contributed by atoms with E-state index < -0.39 is 0 Å². The largest absolute Gasteiger partial charge is 0.308 e. The van der Waals surface area contributed by atoms with E-state index in [9.17, 15) is 0 Å². The first kappa shape index (κ1) is 14.0. The summed E-state index contributed by atoms with van der Waals surface area (Å²) in [6.07, 6.45) is 2.75. The quantitative estimate of drug-likeness (QED) is 0.560. The van der Waals surface area contributed by atoms with Gasteiger partial charge in [-0.1, -0.05) is 37.3 Å². The zero-order valence-electron chi connectivity index (χ0n) is 12.0. The normalized spacial score (nSPS) is 11.0. The Morgan fingerprint density at radius 2 is 1.95 bits per heavy atom. The van der Waals surface area contributed by atoms with Crippen molar-refractivity contribution in [2.24, 2.45) is 5.84 Å². The maximum absolute atomic E-state index is 5.61. The molecule has 3 N–H and O–H groups in total. The second-order valence-corrected chi connectivity index (χ2v) is 6.02. The Balaban J connectivity index is 1.88. The number of fused-ring (bicyclic) bond motifs is 1. The molecule has 0 spiro atoms. The number of hydrogen-bond acceptors (Lipinski definition) is 5. The first-order chi connectivity index (χ1) is 10.3. The smallest absolute Gasteiger partial charge is 0.152 e. The number of nitrogens with one attached hydrogen (secondary N) is 1. The van der Waals surface area contributed by atoms with Crippen LogP contribution in [0.5, 0.6) is 0 Å². The molecule has 0 saturated carbocycles. The number of benzene rings is 1. The highest BCUT2D eigenvalue weighted by atomic mass is 32.1. The highest BCUT2D eigenvalue weighted by Gasteiger charge is 2.10. The molecule has 0 aliphatic carbocycles. The zero-order chi connectivity index (χ0) is 14.7. The van der Waals surface area contributed by atoms with Gasteiger partial charge in [-0.05, 0) is 24.5 Å². The molecular formula is C16H18N4S. The van der Waals surface area contributed by atoms with Crippen LogP contribution in [0.3, 0.4) is 0 Å². The van der Waals surface area contributed by atoms with Crippen molar-refractivity contribution in [3.8, 4) is 0 Å². The lowest BCUT2D eigenvalue weighted by Crippen LogP contribution is -2.11. The van der Waals surface area contributed by atoms with Gasteiger partial charge in [0, 0.05) is 11.3 Å². The number of aryl methyl sites for hydroxylation is 3. The number of aromatic nitrogens is 2. The van der Waals surface area contributed by atoms with Gasteiger partial charge in [-0.25, -0.2) is 15.8 Å². The van der Waals surface area contributed by atoms with Gasteiger partial charge in [0.15, 0.2) is 5.82 Å². The van der Waals surface area contributed by atoms with Crippen LogP contribution in [0.1, 0.15) is 23.2 Å². The number of hydrazine groups is 1. The maximum Gasteiger partial charge on any atom is 0.152 e. The highest BCUT2D eigenvalue weighted by Crippen LogP contribution is 2.29. The summed E-state index contributed by atoms with van der Waals surface area (Å²) in [5, 5.41) is 1.02. The van der Waals surface area contributed by atoms with Crippen molar-refractivity contribution in [3.63, 3.8) is 0 Å². The number of thiophene rings is 1. The molecule has 5 heteroatoms. The molecule has 2 heterocycles. The average molecular weight is 298 g/mol. The fourth-order valence-corrected chi connectivity index (χ4v) is 3.30. The SMILES string of the molecule is CCc1cc2c(NN)nc(CCc3ccccc3)nc2s1. The van der Waals surface area contributed by atoms with E-state index in [1.54, 1.807) is 11.3 Å². The molecular weight excluding hydrogens is 280 g/mol. The monoisotopic (exact) mass is 298 g/mol. The molecule has 0 bridgehead atoms. The minimum absolute atomic E-state index is 0.721. The second-order valence-electron chi connectivity index (χ2n) is 4.90. The molecule has 4 nitrogen and oxygen atoms in total. The summed E-state index contributed by atoms with van der Waals surface area (Å²) in [7, 11) is 0. The first-order valence-corrected chi connectivity index (χ1v) is 7.91. The molecule has 0 aliphatic rings. The van der Waals surface area contributed by atoms with Crippen LogP contribution in [0.2, 0.25) is 0 Å². The van der Waals surface area contributed by atoms with Gasteiger partial charge in [-0.3, -0.25) is 0 Å². The molecule has 3 rings (SSSR count). The highest BCUT2D eigenvalue weighted by molar-refractivity contribution is 7.18. The van der Waals surface area contributed by atoms with Crippen molar-refractivity contribution >= 4 is 27.4 Å². The summed E-state index contributed by atoms with van der Waals surface area (Å²) < 4.78 is 0. The predicted octanol–water partition coefficient (Wildman–Crippen LogP) is 3.32. The standard InChI is InChI=1S/C16H18N4S/c1-2-12-10-13-15(20-17)18-14(19-16(13)21-12)9-8-11-6-4-3-5-7-11/h3-7,10H,2,8-9,17H2,1H3,(H,18,19,20). The Hall–Kier alpha value is -1.98. The second kappa shape index (κ2) is 6.20. The number of anilines is 1. The van der Waals surface area contributed by atoms with Crippen LogP contribution >= 0.6 is 11.3 Å². The van der Waals surface area contributed by atoms with Gasteiger partial charge in [0.1, 0.15) is 10.7 Å². The minimum Gasteiger partial charge on any atom is -0.308 e. The average Bonchev–Trinajstić information content (AvgIpc) is 2.96. The van der Waals surface area contributed by atoms with Crippen LogP contribution in [-0.4, -0.2) is 9.97 Å². The lowest BCUT2D eigenvalue weighted by molar-refractivity contribution is 0.871. The van der Waals surface area contributed by atoms with Crippen LogP contribution in [0.25, 0.3) is 10.2 Å². The van der Waals surface area contributed by atoms with Gasteiger partial charge in [-0.2, -0.15) is 0 Å². The summed E-state index contributed by atoms with van der Waals surface area (Å²) in [5.41, 5.74) is 4.00. The third-order valence-electron chi connectivity index (χ3n) is 3.46. The van der Waals surface area contributed by atoms with E-state index >= 15 is 0 Å². The van der Waals surface area contributed by atoms with Crippen molar-refractivity contribution in [1.82, 2.24) is 9.97 Å². The fraction of sp³-hybridized carbons (Fsp3) is 0.250. The van der Waals surface area contributed by atoms with Gasteiger partial charge in [0.2, 0.25) is 0 Å². The third kappa shape index (κ3) is 3.04. The number of nitrogen functional groups attached to an aromatic ring is 1. The Morgan fingerprint density at radius 1 is 1.14 bits per heavy atom. The summed E-state index contributed by atoms with van der Waals surface area (Å²) in [5.74, 6) is 7.17. The fourth-order valence-electron chi connectivity index (χ4n) is 2.31. The lowest BCUT2D eigenvalue weighted by atomic mass is 10.1. The number of hydrogen-bond donors (Lipinski definition) is 2. The molecule has 1 aromatic carbocycles. The van der Waals surface area contributed by atoms with Crippen molar-refractivity contribution in [1.29, 1.82) is 0 Å². The van der Waals surface area contributed by atoms with Gasteiger partial charge in [0.05, 0.1) is 5.39 Å². The number of nitrogens with zero attached hydrogens (tertiary/aromatic N) is 2.